The number of nitro benzene ring substituents is 1. The Morgan fingerprint density at radius 3 is 1.89 bits per heavy atom. The van der Waals surface area contributed by atoms with E-state index in [1.807, 2.05) is 0 Å². The third-order valence-electron chi connectivity index (χ3n) is 2.70. The topological polar surface area (TPSA) is 83.6 Å². The van der Waals surface area contributed by atoms with Crippen molar-refractivity contribution in [1.29, 1.82) is 0 Å². The molecular weight excluding hydrogens is 252 g/mol. The summed E-state index contributed by atoms with van der Waals surface area (Å²) in [5, 5.41) is 28.3. The molecule has 0 fully saturated rings. The van der Waals surface area contributed by atoms with E-state index in [0.29, 0.717) is 0 Å². The van der Waals surface area contributed by atoms with Crippen LogP contribution in [0.3, 0.4) is 0 Å². The first kappa shape index (κ1) is 17.5. The zero-order valence-corrected chi connectivity index (χ0v) is 11.3. The van der Waals surface area contributed by atoms with Gasteiger partial charge in [0.05, 0.1) is 16.1 Å². The second-order valence-electron chi connectivity index (χ2n) is 5.06. The molecule has 0 aliphatic rings. The van der Waals surface area contributed by atoms with Crippen molar-refractivity contribution in [2.75, 3.05) is 0 Å². The van der Waals surface area contributed by atoms with Crippen LogP contribution in [0, 0.1) is 15.9 Å². The highest BCUT2D eigenvalue weighted by atomic mass is 19.1. The van der Waals surface area contributed by atoms with Crippen LogP contribution in [0.4, 0.5) is 10.1 Å². The summed E-state index contributed by atoms with van der Waals surface area (Å²) in [6.45, 7) is 6.31. The van der Waals surface area contributed by atoms with Gasteiger partial charge in [-0.3, -0.25) is 10.1 Å². The Labute approximate surface area is 112 Å². The van der Waals surface area contributed by atoms with Crippen LogP contribution in [0.25, 0.3) is 0 Å². The number of rotatable bonds is 2. The van der Waals surface area contributed by atoms with Gasteiger partial charge in [0.25, 0.3) is 0 Å². The Morgan fingerprint density at radius 1 is 1.21 bits per heavy atom. The molecule has 0 heterocycles. The standard InChI is InChI=1S/C6H3BFNO2.C6H14O2/c7-4-2-1-3-5(6(4)8)9(10)11;1-5(2,7)6(3,4)8/h1-3H;7-8H,1-4H3. The van der Waals surface area contributed by atoms with Gasteiger partial charge in [-0.05, 0) is 27.7 Å². The van der Waals surface area contributed by atoms with Crippen molar-refractivity contribution >= 4 is 19.0 Å². The number of nitrogens with zero attached hydrogens (tertiary/aromatic N) is 1. The average molecular weight is 269 g/mol. The summed E-state index contributed by atoms with van der Waals surface area (Å²) in [5.74, 6) is -0.975. The first-order valence-electron chi connectivity index (χ1n) is 5.51. The summed E-state index contributed by atoms with van der Waals surface area (Å²) in [6, 6.07) is 3.66. The smallest absolute Gasteiger partial charge is 0.304 e. The van der Waals surface area contributed by atoms with Crippen LogP contribution in [-0.4, -0.2) is 34.2 Å². The van der Waals surface area contributed by atoms with Gasteiger partial charge in [-0.25, -0.2) is 4.39 Å². The first-order valence-corrected chi connectivity index (χ1v) is 5.51. The van der Waals surface area contributed by atoms with Gasteiger partial charge in [0, 0.05) is 6.07 Å². The van der Waals surface area contributed by atoms with E-state index < -0.39 is 27.6 Å². The maximum Gasteiger partial charge on any atom is 0.304 e. The average Bonchev–Trinajstić information content (AvgIpc) is 2.19. The third-order valence-corrected chi connectivity index (χ3v) is 2.70. The number of nitro groups is 1. The van der Waals surface area contributed by atoms with Gasteiger partial charge < -0.3 is 10.2 Å². The fourth-order valence-corrected chi connectivity index (χ4v) is 0.678. The quantitative estimate of drug-likeness (QED) is 0.477. The predicted molar refractivity (Wildman–Crippen MR) is 71.0 cm³/mol. The zero-order valence-electron chi connectivity index (χ0n) is 11.3. The monoisotopic (exact) mass is 269 g/mol. The van der Waals surface area contributed by atoms with E-state index >= 15 is 0 Å². The van der Waals surface area contributed by atoms with Crippen LogP contribution >= 0.6 is 0 Å². The van der Waals surface area contributed by atoms with Crippen molar-refractivity contribution < 1.29 is 19.5 Å². The number of halogens is 1. The number of aliphatic hydroxyl groups is 2. The summed E-state index contributed by atoms with van der Waals surface area (Å²) in [5.41, 5.74) is -2.82. The molecule has 19 heavy (non-hydrogen) atoms. The van der Waals surface area contributed by atoms with Crippen molar-refractivity contribution in [2.24, 2.45) is 0 Å². The molecule has 7 heteroatoms. The van der Waals surface area contributed by atoms with Crippen molar-refractivity contribution in [3.63, 3.8) is 0 Å². The molecule has 1 aromatic rings. The van der Waals surface area contributed by atoms with Gasteiger partial charge in [0.1, 0.15) is 7.85 Å². The molecule has 2 N–H and O–H groups in total. The van der Waals surface area contributed by atoms with Crippen LogP contribution < -0.4 is 5.46 Å². The minimum absolute atomic E-state index is 0.209. The summed E-state index contributed by atoms with van der Waals surface area (Å²) in [4.78, 5) is 9.27. The molecule has 0 unspecified atom stereocenters. The molecule has 0 amide bonds. The Hall–Kier alpha value is -1.47. The molecule has 0 aliphatic heterocycles. The molecule has 1 rings (SSSR count). The largest absolute Gasteiger partial charge is 0.387 e. The minimum Gasteiger partial charge on any atom is -0.387 e. The lowest BCUT2D eigenvalue weighted by Crippen LogP contribution is -2.44. The van der Waals surface area contributed by atoms with E-state index in [4.69, 9.17) is 18.1 Å². The highest BCUT2D eigenvalue weighted by Gasteiger charge is 2.31. The Balaban J connectivity index is 0.000000362. The van der Waals surface area contributed by atoms with Crippen LogP contribution in [0.15, 0.2) is 18.2 Å². The fourth-order valence-electron chi connectivity index (χ4n) is 0.678. The lowest BCUT2D eigenvalue weighted by Gasteiger charge is -2.31. The Morgan fingerprint density at radius 2 is 1.63 bits per heavy atom. The third kappa shape index (κ3) is 5.36. The molecule has 5 nitrogen and oxygen atoms in total. The van der Waals surface area contributed by atoms with E-state index in [-0.39, 0.29) is 5.46 Å². The predicted octanol–water partition coefficient (Wildman–Crippen LogP) is 1.06. The maximum atomic E-state index is 12.7. The molecule has 0 atom stereocenters. The Bertz CT molecular complexity index is 440. The second kappa shape index (κ2) is 6.12. The van der Waals surface area contributed by atoms with Gasteiger partial charge in [0.2, 0.25) is 0 Å². The van der Waals surface area contributed by atoms with Gasteiger partial charge in [-0.2, -0.15) is 0 Å². The molecule has 0 saturated carbocycles. The van der Waals surface area contributed by atoms with Crippen LogP contribution in [0.1, 0.15) is 27.7 Å². The van der Waals surface area contributed by atoms with Crippen molar-refractivity contribution in [3.05, 3.63) is 34.1 Å². The molecule has 1 aromatic carbocycles. The minimum atomic E-state index is -1.01. The summed E-state index contributed by atoms with van der Waals surface area (Å²) in [7, 11) is 5.08. The molecule has 0 spiro atoms. The van der Waals surface area contributed by atoms with Gasteiger partial charge >= 0.3 is 5.69 Å². The molecule has 0 bridgehead atoms. The van der Waals surface area contributed by atoms with E-state index in [0.717, 1.165) is 6.07 Å². The summed E-state index contributed by atoms with van der Waals surface area (Å²) < 4.78 is 12.7. The van der Waals surface area contributed by atoms with Crippen LogP contribution in [0.5, 0.6) is 0 Å². The number of hydrogen-bond donors (Lipinski definition) is 2. The van der Waals surface area contributed by atoms with Crippen LogP contribution in [0.2, 0.25) is 0 Å². The van der Waals surface area contributed by atoms with E-state index in [9.17, 15) is 14.5 Å². The first-order chi connectivity index (χ1) is 8.38. The molecule has 104 valence electrons. The van der Waals surface area contributed by atoms with Crippen molar-refractivity contribution in [2.45, 2.75) is 38.9 Å². The SMILES string of the molecule is CC(C)(O)C(C)(C)O.[B]c1cccc([N+](=O)[O-])c1F. The lowest BCUT2D eigenvalue weighted by molar-refractivity contribution is -0.387. The lowest BCUT2D eigenvalue weighted by atomic mass is 9.90. The molecule has 2 radical (unpaired) electrons. The highest BCUT2D eigenvalue weighted by molar-refractivity contribution is 6.32. The summed E-state index contributed by atoms with van der Waals surface area (Å²) in [6.07, 6.45) is 0. The van der Waals surface area contributed by atoms with E-state index in [1.54, 1.807) is 27.7 Å². The Kier molecular flexibility index (Phi) is 5.65. The highest BCUT2D eigenvalue weighted by Crippen LogP contribution is 2.19. The van der Waals surface area contributed by atoms with Crippen molar-refractivity contribution in [3.8, 4) is 0 Å². The van der Waals surface area contributed by atoms with Crippen LogP contribution in [-0.2, 0) is 0 Å². The number of hydrogen-bond acceptors (Lipinski definition) is 4. The molecule has 0 aliphatic carbocycles. The number of benzene rings is 1. The molecule has 0 saturated heterocycles. The fraction of sp³-hybridized carbons (Fsp3) is 0.500. The summed E-state index contributed by atoms with van der Waals surface area (Å²) >= 11 is 0. The maximum absolute atomic E-state index is 12.7. The molecule has 0 aromatic heterocycles. The van der Waals surface area contributed by atoms with Gasteiger partial charge in [-0.15, -0.1) is 0 Å². The van der Waals surface area contributed by atoms with Crippen molar-refractivity contribution in [1.82, 2.24) is 0 Å². The van der Waals surface area contributed by atoms with E-state index in [1.165, 1.54) is 12.1 Å². The zero-order chi connectivity index (χ0) is 15.4. The van der Waals surface area contributed by atoms with Gasteiger partial charge in [-0.1, -0.05) is 17.6 Å². The normalized spacial score (nSPS) is 11.5. The second-order valence-corrected chi connectivity index (χ2v) is 5.06. The van der Waals surface area contributed by atoms with E-state index in [2.05, 4.69) is 0 Å². The molecular formula is C12H17BFNO4. The van der Waals surface area contributed by atoms with Gasteiger partial charge in [0.15, 0.2) is 5.82 Å².